The minimum absolute atomic E-state index is 0.0318. The topological polar surface area (TPSA) is 82.7 Å². The molecule has 2 heterocycles. The molecule has 25 heavy (non-hydrogen) atoms. The van der Waals surface area contributed by atoms with Gasteiger partial charge in [0.05, 0.1) is 18.7 Å². The molecule has 3 N–H and O–H groups in total. The first-order valence-corrected chi connectivity index (χ1v) is 7.97. The summed E-state index contributed by atoms with van der Waals surface area (Å²) in [6.07, 6.45) is 7.47. The van der Waals surface area contributed by atoms with Crippen molar-refractivity contribution in [2.45, 2.75) is 20.0 Å². The van der Waals surface area contributed by atoms with Crippen LogP contribution in [0.2, 0.25) is 0 Å². The number of nitrogens with zero attached hydrogens (tertiary/aromatic N) is 3. The number of anilines is 1. The Balaban J connectivity index is 0.000000701. The van der Waals surface area contributed by atoms with Crippen LogP contribution in [0.15, 0.2) is 36.7 Å². The monoisotopic (exact) mass is 338 g/mol. The second-order valence-corrected chi connectivity index (χ2v) is 5.22. The summed E-state index contributed by atoms with van der Waals surface area (Å²) >= 11 is 0. The summed E-state index contributed by atoms with van der Waals surface area (Å²) in [4.78, 5) is 4.28. The van der Waals surface area contributed by atoms with Gasteiger partial charge in [-0.3, -0.25) is 0 Å². The number of hydrogen-bond donors (Lipinski definition) is 3. The fourth-order valence-electron chi connectivity index (χ4n) is 2.53. The number of aliphatic hydroxyl groups is 2. The number of hydrogen-bond acceptors (Lipinski definition) is 5. The third-order valence-corrected chi connectivity index (χ3v) is 3.60. The van der Waals surface area contributed by atoms with Crippen LogP contribution in [0.3, 0.4) is 0 Å². The molecule has 0 atom stereocenters. The van der Waals surface area contributed by atoms with Crippen molar-refractivity contribution < 1.29 is 10.2 Å². The Labute approximate surface area is 147 Å². The van der Waals surface area contributed by atoms with Crippen molar-refractivity contribution in [3.05, 3.63) is 47.9 Å². The molecule has 0 saturated heterocycles. The molecule has 0 aliphatic rings. The van der Waals surface area contributed by atoms with Crippen LogP contribution in [0.25, 0.3) is 16.6 Å². The van der Waals surface area contributed by atoms with Crippen molar-refractivity contribution in [1.29, 1.82) is 0 Å². The highest BCUT2D eigenvalue weighted by Crippen LogP contribution is 2.31. The first kappa shape index (κ1) is 18.5. The van der Waals surface area contributed by atoms with E-state index in [9.17, 15) is 5.11 Å². The fourth-order valence-corrected chi connectivity index (χ4v) is 2.53. The maximum atomic E-state index is 9.17. The van der Waals surface area contributed by atoms with E-state index in [2.05, 4.69) is 21.3 Å². The molecule has 0 saturated carbocycles. The zero-order valence-electron chi connectivity index (χ0n) is 14.4. The Bertz CT molecular complexity index is 864. The van der Waals surface area contributed by atoms with Gasteiger partial charge in [0.1, 0.15) is 11.8 Å². The lowest BCUT2D eigenvalue weighted by atomic mass is 10.0. The van der Waals surface area contributed by atoms with Crippen LogP contribution in [0.1, 0.15) is 18.2 Å². The van der Waals surface area contributed by atoms with Crippen LogP contribution in [-0.4, -0.2) is 38.5 Å². The Morgan fingerprint density at radius 1 is 1.24 bits per heavy atom. The Kier molecular flexibility index (Phi) is 6.52. The van der Waals surface area contributed by atoms with E-state index in [0.29, 0.717) is 6.42 Å². The number of benzene rings is 1. The summed E-state index contributed by atoms with van der Waals surface area (Å²) in [5.74, 6) is 3.41. The van der Waals surface area contributed by atoms with Crippen molar-refractivity contribution in [2.24, 2.45) is 0 Å². The number of rotatable bonds is 4. The van der Waals surface area contributed by atoms with E-state index in [4.69, 9.17) is 11.5 Å². The fraction of sp³-hybridized carbons (Fsp3) is 0.263. The molecule has 0 bridgehead atoms. The number of terminal acetylenes is 1. The van der Waals surface area contributed by atoms with E-state index in [1.165, 1.54) is 6.33 Å². The molecule has 0 aliphatic heterocycles. The quantitative estimate of drug-likeness (QED) is 0.635. The minimum atomic E-state index is 0.0318. The van der Waals surface area contributed by atoms with E-state index < -0.39 is 0 Å². The largest absolute Gasteiger partial charge is 0.397 e. The zero-order chi connectivity index (χ0) is 18.2. The smallest absolute Gasteiger partial charge is 0.154 e. The highest BCUT2D eigenvalue weighted by Gasteiger charge is 2.15. The third-order valence-electron chi connectivity index (χ3n) is 3.60. The van der Waals surface area contributed by atoms with Gasteiger partial charge in [-0.25, -0.2) is 9.50 Å². The van der Waals surface area contributed by atoms with Crippen LogP contribution in [0.4, 0.5) is 5.82 Å². The summed E-state index contributed by atoms with van der Waals surface area (Å²) < 4.78 is 1.83. The average molecular weight is 338 g/mol. The molecule has 0 aliphatic carbocycles. The number of aliphatic hydroxyl groups excluding tert-OH is 2. The summed E-state index contributed by atoms with van der Waals surface area (Å²) in [6.45, 7) is 1.96. The van der Waals surface area contributed by atoms with Gasteiger partial charge in [0.2, 0.25) is 0 Å². The molecule has 0 radical (unpaired) electrons. The van der Waals surface area contributed by atoms with Gasteiger partial charge >= 0.3 is 0 Å². The lowest BCUT2D eigenvalue weighted by Crippen LogP contribution is -2.02. The van der Waals surface area contributed by atoms with Gasteiger partial charge in [0.15, 0.2) is 5.82 Å². The molecule has 2 aromatic heterocycles. The molecule has 6 nitrogen and oxygen atoms in total. The van der Waals surface area contributed by atoms with Gasteiger partial charge in [0.25, 0.3) is 0 Å². The van der Waals surface area contributed by atoms with Crippen LogP contribution in [0.5, 0.6) is 0 Å². The first-order chi connectivity index (χ1) is 12.2. The Morgan fingerprint density at radius 2 is 1.92 bits per heavy atom. The molecule has 3 aromatic rings. The second-order valence-electron chi connectivity index (χ2n) is 5.22. The normalized spacial score (nSPS) is 10.0. The number of fused-ring (bicyclic) bond motifs is 1. The van der Waals surface area contributed by atoms with Crippen LogP contribution in [-0.2, 0) is 13.0 Å². The molecule has 6 heteroatoms. The van der Waals surface area contributed by atoms with Crippen molar-refractivity contribution in [1.82, 2.24) is 14.6 Å². The SMILES string of the molecule is C#CCc1cc(-c2ccc(CO)cc2)c2c(NC)ncnn12.CCO. The summed E-state index contributed by atoms with van der Waals surface area (Å²) in [5.41, 5.74) is 4.76. The second kappa shape index (κ2) is 8.83. The van der Waals surface area contributed by atoms with E-state index in [1.54, 1.807) is 6.92 Å². The van der Waals surface area contributed by atoms with Crippen LogP contribution >= 0.6 is 0 Å². The van der Waals surface area contributed by atoms with Crippen molar-refractivity contribution in [3.63, 3.8) is 0 Å². The highest BCUT2D eigenvalue weighted by molar-refractivity contribution is 5.89. The summed E-state index contributed by atoms with van der Waals surface area (Å²) in [6, 6.07) is 9.81. The van der Waals surface area contributed by atoms with Gasteiger partial charge in [-0.15, -0.1) is 12.3 Å². The lowest BCUT2D eigenvalue weighted by Gasteiger charge is -2.06. The summed E-state index contributed by atoms with van der Waals surface area (Å²) in [7, 11) is 1.83. The third kappa shape index (κ3) is 3.97. The summed E-state index contributed by atoms with van der Waals surface area (Å²) in [5, 5.41) is 24.2. The zero-order valence-corrected chi connectivity index (χ0v) is 14.4. The highest BCUT2D eigenvalue weighted by atomic mass is 16.3. The molecule has 0 spiro atoms. The van der Waals surface area contributed by atoms with E-state index >= 15 is 0 Å². The minimum Gasteiger partial charge on any atom is -0.397 e. The molecule has 130 valence electrons. The van der Waals surface area contributed by atoms with Gasteiger partial charge in [-0.05, 0) is 24.1 Å². The molecule has 3 rings (SSSR count). The molecule has 1 aromatic carbocycles. The maximum absolute atomic E-state index is 9.17. The predicted molar refractivity (Wildman–Crippen MR) is 99.2 cm³/mol. The van der Waals surface area contributed by atoms with Crippen molar-refractivity contribution >= 4 is 11.3 Å². The standard InChI is InChI=1S/C17H16N4O.C2H6O/c1-3-4-14-9-15(13-7-5-12(10-22)6-8-13)16-17(18-2)19-11-20-21(14)16;1-2-3/h1,5-9,11,22H,4,10H2,2H3,(H,18,19,20);3H,2H2,1H3. The number of aromatic nitrogens is 3. The predicted octanol–water partition coefficient (Wildman–Crippen LogP) is 2.10. The van der Waals surface area contributed by atoms with Crippen molar-refractivity contribution in [2.75, 3.05) is 19.0 Å². The van der Waals surface area contributed by atoms with E-state index in [1.807, 2.05) is 41.9 Å². The molecule has 0 fully saturated rings. The lowest BCUT2D eigenvalue weighted by molar-refractivity contribution is 0.282. The van der Waals surface area contributed by atoms with Gasteiger partial charge in [0, 0.05) is 19.2 Å². The number of nitrogens with one attached hydrogen (secondary N) is 1. The Hall–Kier alpha value is -2.88. The molecular weight excluding hydrogens is 316 g/mol. The van der Waals surface area contributed by atoms with Gasteiger partial charge < -0.3 is 15.5 Å². The maximum Gasteiger partial charge on any atom is 0.154 e. The van der Waals surface area contributed by atoms with E-state index in [-0.39, 0.29) is 13.2 Å². The van der Waals surface area contributed by atoms with Gasteiger partial charge in [-0.1, -0.05) is 24.3 Å². The van der Waals surface area contributed by atoms with Crippen LogP contribution < -0.4 is 5.32 Å². The molecular formula is C19H22N4O2. The average Bonchev–Trinajstić information content (AvgIpc) is 3.02. The Morgan fingerprint density at radius 3 is 2.48 bits per heavy atom. The van der Waals surface area contributed by atoms with Crippen molar-refractivity contribution in [3.8, 4) is 23.5 Å². The van der Waals surface area contributed by atoms with Gasteiger partial charge in [-0.2, -0.15) is 5.10 Å². The van der Waals surface area contributed by atoms with Crippen LogP contribution in [0, 0.1) is 12.3 Å². The molecule has 0 unspecified atom stereocenters. The van der Waals surface area contributed by atoms with E-state index in [0.717, 1.165) is 33.7 Å². The first-order valence-electron chi connectivity index (χ1n) is 7.97. The molecule has 0 amide bonds.